The molecule has 4 atom stereocenters. The number of hydrogen-bond donors (Lipinski definition) is 2. The molecule has 2 fully saturated rings. The average Bonchev–Trinajstić information content (AvgIpc) is 3.16. The largest absolute Gasteiger partial charge is 0.396 e. The van der Waals surface area contributed by atoms with Crippen LogP contribution in [0.5, 0.6) is 0 Å². The van der Waals surface area contributed by atoms with E-state index in [0.29, 0.717) is 36.9 Å². The summed E-state index contributed by atoms with van der Waals surface area (Å²) in [6, 6.07) is 0. The molecule has 0 aromatic rings. The fraction of sp³-hybridized carbons (Fsp3) is 0.714. The van der Waals surface area contributed by atoms with Crippen molar-refractivity contribution >= 4 is 0 Å². The lowest BCUT2D eigenvalue weighted by molar-refractivity contribution is 0.272. The van der Waals surface area contributed by atoms with E-state index in [1.165, 1.54) is 12.8 Å². The van der Waals surface area contributed by atoms with Crippen molar-refractivity contribution in [3.8, 4) is 0 Å². The Hall–Kier alpha value is -0.600. The maximum absolute atomic E-state index is 8.57. The Labute approximate surface area is 98.7 Å². The molecular weight excluding hydrogens is 200 g/mol. The minimum absolute atomic E-state index is 0.370. The summed E-state index contributed by atoms with van der Waals surface area (Å²) < 4.78 is 0. The Morgan fingerprint density at radius 3 is 1.44 bits per heavy atom. The van der Waals surface area contributed by atoms with E-state index in [4.69, 9.17) is 10.2 Å². The van der Waals surface area contributed by atoms with E-state index in [9.17, 15) is 0 Å². The van der Waals surface area contributed by atoms with E-state index in [2.05, 4.69) is 24.3 Å². The Kier molecular flexibility index (Phi) is 5.78. The zero-order valence-corrected chi connectivity index (χ0v) is 10.3. The van der Waals surface area contributed by atoms with Crippen LogP contribution in [0, 0.1) is 23.7 Å². The van der Waals surface area contributed by atoms with E-state index >= 15 is 0 Å². The van der Waals surface area contributed by atoms with E-state index in [-0.39, 0.29) is 0 Å². The fourth-order valence-corrected chi connectivity index (χ4v) is 1.93. The van der Waals surface area contributed by atoms with Crippen molar-refractivity contribution in [3.05, 3.63) is 24.3 Å². The molecule has 0 aromatic heterocycles. The highest BCUT2D eigenvalue weighted by atomic mass is 16.3. The summed E-state index contributed by atoms with van der Waals surface area (Å²) in [6.07, 6.45) is 10.8. The van der Waals surface area contributed by atoms with E-state index < -0.39 is 0 Å². The van der Waals surface area contributed by atoms with E-state index in [1.807, 2.05) is 13.8 Å². The predicted octanol–water partition coefficient (Wildman–Crippen LogP) is 2.38. The van der Waals surface area contributed by atoms with E-state index in [0.717, 1.165) is 0 Å². The van der Waals surface area contributed by atoms with Gasteiger partial charge in [-0.05, 0) is 50.4 Å². The molecule has 0 aliphatic heterocycles. The molecule has 0 saturated heterocycles. The highest BCUT2D eigenvalue weighted by molar-refractivity contribution is 5.01. The van der Waals surface area contributed by atoms with Gasteiger partial charge in [0.2, 0.25) is 0 Å². The Bertz CT molecular complexity index is 219. The van der Waals surface area contributed by atoms with Crippen molar-refractivity contribution in [3.63, 3.8) is 0 Å². The van der Waals surface area contributed by atoms with Crippen LogP contribution in [0.4, 0.5) is 0 Å². The van der Waals surface area contributed by atoms with Gasteiger partial charge in [0.1, 0.15) is 0 Å². The van der Waals surface area contributed by atoms with Gasteiger partial charge in [-0.3, -0.25) is 0 Å². The number of aliphatic hydroxyl groups excluding tert-OH is 2. The smallest absolute Gasteiger partial charge is 0.0465 e. The monoisotopic (exact) mass is 224 g/mol. The SMILES string of the molecule is C/C=C/[C@@H]1C[C@@H]1CO.C/C=C/[C@H]1C[C@H]1CO. The molecule has 16 heavy (non-hydrogen) atoms. The molecule has 2 aliphatic rings. The quantitative estimate of drug-likeness (QED) is 0.720. The maximum Gasteiger partial charge on any atom is 0.0465 e. The Balaban J connectivity index is 0.000000160. The third-order valence-electron chi connectivity index (χ3n) is 3.30. The van der Waals surface area contributed by atoms with Crippen molar-refractivity contribution in [2.45, 2.75) is 26.7 Å². The van der Waals surface area contributed by atoms with Crippen LogP contribution >= 0.6 is 0 Å². The number of rotatable bonds is 4. The summed E-state index contributed by atoms with van der Waals surface area (Å²) in [4.78, 5) is 0. The molecule has 0 unspecified atom stereocenters. The van der Waals surface area contributed by atoms with Gasteiger partial charge < -0.3 is 10.2 Å². The van der Waals surface area contributed by atoms with Gasteiger partial charge in [0.25, 0.3) is 0 Å². The van der Waals surface area contributed by atoms with Crippen molar-refractivity contribution < 1.29 is 10.2 Å². The van der Waals surface area contributed by atoms with Crippen LogP contribution in [-0.4, -0.2) is 23.4 Å². The average molecular weight is 224 g/mol. The lowest BCUT2D eigenvalue weighted by atomic mass is 10.3. The van der Waals surface area contributed by atoms with Crippen molar-refractivity contribution in [2.75, 3.05) is 13.2 Å². The van der Waals surface area contributed by atoms with Gasteiger partial charge in [-0.2, -0.15) is 0 Å². The molecule has 0 spiro atoms. The van der Waals surface area contributed by atoms with Crippen LogP contribution in [0.3, 0.4) is 0 Å². The number of hydrogen-bond acceptors (Lipinski definition) is 2. The highest BCUT2D eigenvalue weighted by Gasteiger charge is 2.33. The first-order valence-corrected chi connectivity index (χ1v) is 6.24. The van der Waals surface area contributed by atoms with Gasteiger partial charge in [0.05, 0.1) is 0 Å². The molecule has 0 bridgehead atoms. The lowest BCUT2D eigenvalue weighted by Gasteiger charge is -1.82. The van der Waals surface area contributed by atoms with Crippen LogP contribution in [0.25, 0.3) is 0 Å². The van der Waals surface area contributed by atoms with Gasteiger partial charge in [0, 0.05) is 13.2 Å². The topological polar surface area (TPSA) is 40.5 Å². The second-order valence-corrected chi connectivity index (χ2v) is 4.74. The van der Waals surface area contributed by atoms with Crippen LogP contribution < -0.4 is 0 Å². The second kappa shape index (κ2) is 6.87. The van der Waals surface area contributed by atoms with Gasteiger partial charge in [-0.25, -0.2) is 0 Å². The van der Waals surface area contributed by atoms with Crippen molar-refractivity contribution in [1.29, 1.82) is 0 Å². The first-order chi connectivity index (χ1) is 7.76. The van der Waals surface area contributed by atoms with Crippen molar-refractivity contribution in [2.24, 2.45) is 23.7 Å². The molecule has 2 aliphatic carbocycles. The zero-order valence-electron chi connectivity index (χ0n) is 10.3. The molecule has 2 nitrogen and oxygen atoms in total. The Morgan fingerprint density at radius 2 is 1.25 bits per heavy atom. The van der Waals surface area contributed by atoms with Crippen LogP contribution in [0.2, 0.25) is 0 Å². The predicted molar refractivity (Wildman–Crippen MR) is 67.0 cm³/mol. The standard InChI is InChI=1S/2C7H12O/c2*1-2-3-6-4-7(6)5-8/h2*2-3,6-8H,4-5H2,1H3/b2*3-2+/t2*6-,7-/m10/s1. The summed E-state index contributed by atoms with van der Waals surface area (Å²) in [6.45, 7) is 4.78. The third kappa shape index (κ3) is 4.50. The fourth-order valence-electron chi connectivity index (χ4n) is 1.93. The molecule has 92 valence electrons. The van der Waals surface area contributed by atoms with Crippen LogP contribution in [0.1, 0.15) is 26.7 Å². The number of aliphatic hydroxyl groups is 2. The number of allylic oxidation sites excluding steroid dienone is 4. The summed E-state index contributed by atoms with van der Waals surface area (Å²) >= 11 is 0. The third-order valence-corrected chi connectivity index (χ3v) is 3.30. The molecule has 2 N–H and O–H groups in total. The minimum Gasteiger partial charge on any atom is -0.396 e. The summed E-state index contributed by atoms with van der Waals surface area (Å²) in [5.41, 5.74) is 0. The zero-order chi connectivity index (χ0) is 12.0. The normalized spacial score (nSPS) is 36.2. The van der Waals surface area contributed by atoms with Gasteiger partial charge in [0.15, 0.2) is 0 Å². The molecular formula is C14H24O2. The molecule has 2 heteroatoms. The molecule has 2 saturated carbocycles. The lowest BCUT2D eigenvalue weighted by Crippen LogP contribution is -1.84. The summed E-state index contributed by atoms with van der Waals surface area (Å²) in [7, 11) is 0. The molecule has 0 heterocycles. The highest BCUT2D eigenvalue weighted by Crippen LogP contribution is 2.39. The molecule has 0 amide bonds. The molecule has 0 radical (unpaired) electrons. The van der Waals surface area contributed by atoms with Gasteiger partial charge in [-0.1, -0.05) is 24.3 Å². The minimum atomic E-state index is 0.370. The first-order valence-electron chi connectivity index (χ1n) is 6.24. The van der Waals surface area contributed by atoms with Crippen LogP contribution in [-0.2, 0) is 0 Å². The van der Waals surface area contributed by atoms with Gasteiger partial charge in [-0.15, -0.1) is 0 Å². The molecule has 2 rings (SSSR count). The maximum atomic E-state index is 8.57. The van der Waals surface area contributed by atoms with Crippen molar-refractivity contribution in [1.82, 2.24) is 0 Å². The summed E-state index contributed by atoms with van der Waals surface area (Å²) in [5.74, 6) is 2.58. The second-order valence-electron chi connectivity index (χ2n) is 4.74. The first kappa shape index (κ1) is 13.5. The van der Waals surface area contributed by atoms with Gasteiger partial charge >= 0.3 is 0 Å². The van der Waals surface area contributed by atoms with Crippen LogP contribution in [0.15, 0.2) is 24.3 Å². The Morgan fingerprint density at radius 1 is 0.875 bits per heavy atom. The molecule has 0 aromatic carbocycles. The summed E-state index contributed by atoms with van der Waals surface area (Å²) in [5, 5.41) is 17.1. The van der Waals surface area contributed by atoms with E-state index in [1.54, 1.807) is 0 Å².